The van der Waals surface area contributed by atoms with Gasteiger partial charge in [-0.3, -0.25) is 14.5 Å². The molecule has 2 saturated carbocycles. The largest absolute Gasteiger partial charge is 0.465 e. The van der Waals surface area contributed by atoms with Crippen LogP contribution in [0.2, 0.25) is 0 Å². The molecule has 0 radical (unpaired) electrons. The van der Waals surface area contributed by atoms with Crippen molar-refractivity contribution >= 4 is 34.8 Å². The topological polar surface area (TPSA) is 186 Å². The van der Waals surface area contributed by atoms with E-state index in [1.54, 1.807) is 0 Å². The summed E-state index contributed by atoms with van der Waals surface area (Å²) in [7, 11) is 2.81. The van der Waals surface area contributed by atoms with Crippen LogP contribution in [0.4, 0.5) is 9.59 Å². The number of likely N-dealkylation sites (tertiary alicyclic amines) is 2. The SMILES string of the molecule is COC(=O)N[C@H](C(=O)N1[C@@H]2C[C@H]2C[C@H]1c1nc(-c2ccc3cc(-c4ccc(-c5c[nH]c(C6C[C@H]7C[C@H]7N6C(=O)[C@H](C6CCOCC6)N(C)C(=O)O)n5)cc4)ccc3c2)c[nH]1)C(C)C. The molecule has 15 nitrogen and oxygen atoms in total. The molecule has 3 aliphatic heterocycles. The second-order valence-electron chi connectivity index (χ2n) is 18.5. The average Bonchev–Trinajstić information content (AvgIpc) is 3.88. The van der Waals surface area contributed by atoms with Crippen molar-refractivity contribution < 1.29 is 33.8 Å². The summed E-state index contributed by atoms with van der Waals surface area (Å²) in [6.45, 7) is 4.90. The van der Waals surface area contributed by atoms with Crippen LogP contribution in [-0.4, -0.2) is 115 Å². The fourth-order valence-electron chi connectivity index (χ4n) is 10.6. The molecule has 0 spiro atoms. The Balaban J connectivity index is 0.823. The fourth-order valence-corrected chi connectivity index (χ4v) is 10.6. The van der Waals surface area contributed by atoms with Crippen LogP contribution in [0.25, 0.3) is 44.4 Å². The number of nitrogens with zero attached hydrogens (tertiary/aromatic N) is 5. The highest BCUT2D eigenvalue weighted by Gasteiger charge is 2.58. The summed E-state index contributed by atoms with van der Waals surface area (Å²) < 4.78 is 10.4. The minimum atomic E-state index is -1.10. The molecule has 3 aromatic carbocycles. The summed E-state index contributed by atoms with van der Waals surface area (Å²) in [5, 5.41) is 14.9. The summed E-state index contributed by atoms with van der Waals surface area (Å²) in [5.41, 5.74) is 5.69. The zero-order valence-corrected chi connectivity index (χ0v) is 36.0. The number of likely N-dealkylation sites (N-methyl/N-ethyl adjacent to an activating group) is 1. The third-order valence-electron chi connectivity index (χ3n) is 14.3. The molecule has 8 atom stereocenters. The average molecular weight is 855 g/mol. The van der Waals surface area contributed by atoms with Gasteiger partial charge in [0.1, 0.15) is 23.7 Å². The molecule has 5 aromatic rings. The maximum atomic E-state index is 14.3. The Morgan fingerprint density at radius 1 is 0.762 bits per heavy atom. The van der Waals surface area contributed by atoms with Gasteiger partial charge >= 0.3 is 12.2 Å². The third kappa shape index (κ3) is 7.59. The van der Waals surface area contributed by atoms with Crippen LogP contribution in [0.5, 0.6) is 0 Å². The molecule has 15 heteroatoms. The number of methoxy groups -OCH3 is 1. The lowest BCUT2D eigenvalue weighted by atomic mass is 9.89. The number of hydrogen-bond donors (Lipinski definition) is 4. The first-order valence-electron chi connectivity index (χ1n) is 22.2. The van der Waals surface area contributed by atoms with Gasteiger partial charge in [0, 0.05) is 55.9 Å². The van der Waals surface area contributed by atoms with Crippen LogP contribution < -0.4 is 5.32 Å². The highest BCUT2D eigenvalue weighted by atomic mass is 16.5. The number of rotatable bonds is 11. The number of piperidine rings is 2. The molecule has 5 fully saturated rings. The minimum Gasteiger partial charge on any atom is -0.465 e. The number of imidazole rings is 2. The van der Waals surface area contributed by atoms with Crippen LogP contribution in [0, 0.1) is 23.7 Å². The van der Waals surface area contributed by atoms with E-state index < -0.39 is 24.3 Å². The van der Waals surface area contributed by atoms with Crippen LogP contribution >= 0.6 is 0 Å². The number of carbonyl (C=O) groups excluding carboxylic acids is 3. The molecule has 5 aliphatic rings. The minimum absolute atomic E-state index is 0.0872. The first kappa shape index (κ1) is 40.8. The third-order valence-corrected chi connectivity index (χ3v) is 14.3. The summed E-state index contributed by atoms with van der Waals surface area (Å²) in [5.74, 6) is 1.91. The number of benzene rings is 3. The number of nitrogens with one attached hydrogen (secondary N) is 3. The Labute approximate surface area is 365 Å². The van der Waals surface area contributed by atoms with E-state index in [-0.39, 0.29) is 47.8 Å². The maximum Gasteiger partial charge on any atom is 0.407 e. The van der Waals surface area contributed by atoms with Crippen LogP contribution in [-0.2, 0) is 19.1 Å². The van der Waals surface area contributed by atoms with E-state index in [4.69, 9.17) is 19.4 Å². The van der Waals surface area contributed by atoms with Gasteiger partial charge in [0.15, 0.2) is 0 Å². The predicted octanol–water partition coefficient (Wildman–Crippen LogP) is 7.40. The second kappa shape index (κ2) is 16.2. The molecule has 0 bridgehead atoms. The highest BCUT2D eigenvalue weighted by Crippen LogP contribution is 2.55. The molecule has 10 rings (SSSR count). The number of aromatic amines is 2. The van der Waals surface area contributed by atoms with Gasteiger partial charge in [-0.05, 0) is 96.2 Å². The molecule has 4 N–H and O–H groups in total. The quantitative estimate of drug-likeness (QED) is 0.105. The number of carbonyl (C=O) groups is 4. The van der Waals surface area contributed by atoms with E-state index >= 15 is 0 Å². The lowest BCUT2D eigenvalue weighted by molar-refractivity contribution is -0.141. The van der Waals surface area contributed by atoms with Crippen molar-refractivity contribution in [3.8, 4) is 33.6 Å². The van der Waals surface area contributed by atoms with Gasteiger partial charge in [-0.2, -0.15) is 0 Å². The van der Waals surface area contributed by atoms with E-state index in [9.17, 15) is 24.3 Å². The molecular weight excluding hydrogens is 801 g/mol. The highest BCUT2D eigenvalue weighted by molar-refractivity contribution is 5.91. The number of alkyl carbamates (subject to hydrolysis) is 1. The van der Waals surface area contributed by atoms with E-state index in [0.717, 1.165) is 81.7 Å². The number of aromatic nitrogens is 4. The van der Waals surface area contributed by atoms with Gasteiger partial charge in [-0.15, -0.1) is 0 Å². The van der Waals surface area contributed by atoms with Gasteiger partial charge in [0.25, 0.3) is 0 Å². The number of amides is 4. The summed E-state index contributed by atoms with van der Waals surface area (Å²) in [4.78, 5) is 74.2. The smallest absolute Gasteiger partial charge is 0.407 e. The Bertz CT molecular complexity index is 2560. The van der Waals surface area contributed by atoms with Crippen LogP contribution in [0.3, 0.4) is 0 Å². The number of carboxylic acid groups (broad SMARTS) is 1. The van der Waals surface area contributed by atoms with Crippen molar-refractivity contribution in [2.24, 2.45) is 23.7 Å². The number of H-pyrrole nitrogens is 2. The van der Waals surface area contributed by atoms with Crippen molar-refractivity contribution in [3.05, 3.63) is 84.7 Å². The van der Waals surface area contributed by atoms with Gasteiger partial charge in [-0.25, -0.2) is 19.6 Å². The summed E-state index contributed by atoms with van der Waals surface area (Å²) in [6, 6.07) is 19.5. The van der Waals surface area contributed by atoms with Gasteiger partial charge < -0.3 is 39.7 Å². The van der Waals surface area contributed by atoms with Crippen molar-refractivity contribution in [1.82, 2.24) is 40.0 Å². The van der Waals surface area contributed by atoms with Crippen molar-refractivity contribution in [1.29, 1.82) is 0 Å². The zero-order chi connectivity index (χ0) is 43.7. The number of ether oxygens (including phenoxy) is 2. The van der Waals surface area contributed by atoms with Crippen molar-refractivity contribution in [2.45, 2.75) is 88.6 Å². The molecule has 3 saturated heterocycles. The van der Waals surface area contributed by atoms with E-state index in [0.29, 0.717) is 37.9 Å². The monoisotopic (exact) mass is 854 g/mol. The van der Waals surface area contributed by atoms with E-state index in [1.807, 2.05) is 36.0 Å². The number of hydrogen-bond acceptors (Lipinski definition) is 8. The lowest BCUT2D eigenvalue weighted by Crippen LogP contribution is -2.54. The Morgan fingerprint density at radius 2 is 1.29 bits per heavy atom. The van der Waals surface area contributed by atoms with Gasteiger partial charge in [-0.1, -0.05) is 62.4 Å². The Morgan fingerprint density at radius 3 is 1.86 bits per heavy atom. The molecule has 1 unspecified atom stereocenters. The maximum absolute atomic E-state index is 14.3. The summed E-state index contributed by atoms with van der Waals surface area (Å²) in [6.07, 6.45) is 6.97. The van der Waals surface area contributed by atoms with E-state index in [1.165, 1.54) is 19.1 Å². The van der Waals surface area contributed by atoms with Gasteiger partial charge in [0.2, 0.25) is 11.8 Å². The van der Waals surface area contributed by atoms with Crippen LogP contribution in [0.15, 0.2) is 73.1 Å². The van der Waals surface area contributed by atoms with Crippen molar-refractivity contribution in [3.63, 3.8) is 0 Å². The molecule has 63 heavy (non-hydrogen) atoms. The molecule has 5 heterocycles. The lowest BCUT2D eigenvalue weighted by Gasteiger charge is -2.38. The first-order chi connectivity index (χ1) is 30.5. The Kier molecular flexibility index (Phi) is 10.5. The van der Waals surface area contributed by atoms with Gasteiger partial charge in [0.05, 0.1) is 30.6 Å². The fraction of sp³-hybridized carbons (Fsp3) is 0.458. The summed E-state index contributed by atoms with van der Waals surface area (Å²) >= 11 is 0. The van der Waals surface area contributed by atoms with E-state index in [2.05, 4.69) is 75.9 Å². The molecule has 2 aromatic heterocycles. The molecule has 328 valence electrons. The normalized spacial score (nSPS) is 24.8. The molecular formula is C48H54N8O7. The number of fused-ring (bicyclic) bond motifs is 3. The Hall–Kier alpha value is -6.22. The second-order valence-corrected chi connectivity index (χ2v) is 18.5. The first-order valence-corrected chi connectivity index (χ1v) is 22.2. The van der Waals surface area contributed by atoms with Crippen molar-refractivity contribution in [2.75, 3.05) is 27.4 Å². The van der Waals surface area contributed by atoms with Crippen LogP contribution in [0.1, 0.15) is 76.1 Å². The zero-order valence-electron chi connectivity index (χ0n) is 36.0. The molecule has 2 aliphatic carbocycles. The predicted molar refractivity (Wildman–Crippen MR) is 234 cm³/mol. The molecule has 4 amide bonds. The standard InChI is InChI=1S/C48H54N8O7/c1-25(2)41(53-47(59)62-4)45(57)55-37-19-33(37)21-39(55)43-50-24-36(52-43)32-12-11-30-17-29(9-10-31(30)18-32)26-5-7-27(8-6-26)35-23-49-44(51-35)40-22-34-20-38(34)56(40)46(58)42(54(3)48(60)61)28-13-15-63-16-14-28/h5-12,17-18,23-25,28,33-34,37-42H,13-16,19-22H2,1-4H3,(H,49,51)(H,50,52)(H,53,59)(H,60,61)/t33-,34+,37+,38+,39-,40?,41-,42-/m0/s1.